The van der Waals surface area contributed by atoms with E-state index in [1.807, 2.05) is 0 Å². The Morgan fingerprint density at radius 3 is 2.68 bits per heavy atom. The molecule has 0 atom stereocenters. The normalized spacial score (nSPS) is 11.3. The van der Waals surface area contributed by atoms with Crippen molar-refractivity contribution in [3.8, 4) is 0 Å². The van der Waals surface area contributed by atoms with Gasteiger partial charge in [-0.3, -0.25) is 4.79 Å². The number of hydrogen-bond donors (Lipinski definition) is 3. The first-order chi connectivity index (χ1) is 9.01. The fraction of sp³-hybridized carbons (Fsp3) is 0.364. The molecule has 106 valence electrons. The number of carbonyl (C=O) groups excluding carboxylic acids is 1. The Morgan fingerprint density at radius 2 is 2.05 bits per heavy atom. The van der Waals surface area contributed by atoms with Crippen molar-refractivity contribution < 1.29 is 17.9 Å². The largest absolute Gasteiger partial charge is 0.370 e. The van der Waals surface area contributed by atoms with Crippen LogP contribution in [0.2, 0.25) is 0 Å². The summed E-state index contributed by atoms with van der Waals surface area (Å²) >= 11 is 0. The van der Waals surface area contributed by atoms with Gasteiger partial charge in [-0.05, 0) is 19.2 Å². The maximum absolute atomic E-state index is 11.8. The van der Waals surface area contributed by atoms with E-state index in [4.69, 9.17) is 10.5 Å². The lowest BCUT2D eigenvalue weighted by atomic mass is 10.3. The molecule has 1 rings (SSSR count). The second kappa shape index (κ2) is 7.19. The van der Waals surface area contributed by atoms with Crippen molar-refractivity contribution in [2.24, 2.45) is 5.73 Å². The molecule has 1 aromatic rings. The minimum absolute atomic E-state index is 0.00433. The third-order valence-electron chi connectivity index (χ3n) is 2.21. The number of anilines is 1. The number of amides is 1. The van der Waals surface area contributed by atoms with Crippen LogP contribution in [0.1, 0.15) is 0 Å². The number of sulfonamides is 1. The molecule has 1 aromatic carbocycles. The summed E-state index contributed by atoms with van der Waals surface area (Å²) in [7, 11) is -2.32. The summed E-state index contributed by atoms with van der Waals surface area (Å²) in [5, 5.41) is 2.49. The molecular weight excluding hydrogens is 270 g/mol. The molecule has 0 spiro atoms. The number of para-hydroxylation sites is 1. The monoisotopic (exact) mass is 287 g/mol. The Balaban J connectivity index is 2.82. The topological polar surface area (TPSA) is 111 Å². The highest BCUT2D eigenvalue weighted by atomic mass is 32.2. The van der Waals surface area contributed by atoms with Crippen LogP contribution in [0, 0.1) is 0 Å². The molecule has 0 aliphatic heterocycles. The Hall–Kier alpha value is -1.48. The summed E-state index contributed by atoms with van der Waals surface area (Å²) in [6, 6.07) is 6.11. The quantitative estimate of drug-likeness (QED) is 0.586. The van der Waals surface area contributed by atoms with Gasteiger partial charge in [-0.25, -0.2) is 13.1 Å². The molecular formula is C11H17N3O4S. The van der Waals surface area contributed by atoms with Crippen LogP contribution in [-0.4, -0.2) is 41.1 Å². The Bertz CT molecular complexity index is 530. The summed E-state index contributed by atoms with van der Waals surface area (Å²) in [4.78, 5) is 11.6. The van der Waals surface area contributed by atoms with E-state index in [-0.39, 0.29) is 23.8 Å². The average Bonchev–Trinajstić information content (AvgIpc) is 2.39. The van der Waals surface area contributed by atoms with E-state index in [0.717, 1.165) is 0 Å². The zero-order valence-corrected chi connectivity index (χ0v) is 11.4. The number of benzene rings is 1. The summed E-state index contributed by atoms with van der Waals surface area (Å²) in [5.41, 5.74) is 5.43. The second-order valence-electron chi connectivity index (χ2n) is 3.59. The average molecular weight is 287 g/mol. The Kier molecular flexibility index (Phi) is 5.90. The maximum atomic E-state index is 11.8. The van der Waals surface area contributed by atoms with E-state index < -0.39 is 15.9 Å². The van der Waals surface area contributed by atoms with Gasteiger partial charge in [-0.15, -0.1) is 0 Å². The molecule has 7 nitrogen and oxygen atoms in total. The highest BCUT2D eigenvalue weighted by Crippen LogP contribution is 2.20. The lowest BCUT2D eigenvalue weighted by Gasteiger charge is -2.11. The molecule has 0 bridgehead atoms. The van der Waals surface area contributed by atoms with Crippen molar-refractivity contribution in [3.63, 3.8) is 0 Å². The molecule has 0 fully saturated rings. The van der Waals surface area contributed by atoms with Crippen LogP contribution < -0.4 is 15.8 Å². The number of carbonyl (C=O) groups is 1. The molecule has 1 amide bonds. The van der Waals surface area contributed by atoms with Crippen molar-refractivity contribution >= 4 is 21.6 Å². The third kappa shape index (κ3) is 4.60. The lowest BCUT2D eigenvalue weighted by molar-refractivity contribution is -0.120. The lowest BCUT2D eigenvalue weighted by Crippen LogP contribution is -2.24. The molecule has 4 N–H and O–H groups in total. The smallest absolute Gasteiger partial charge is 0.250 e. The van der Waals surface area contributed by atoms with Gasteiger partial charge in [-0.2, -0.15) is 0 Å². The molecule has 0 aliphatic rings. The summed E-state index contributed by atoms with van der Waals surface area (Å²) in [5.74, 6) is -0.438. The molecule has 0 heterocycles. The van der Waals surface area contributed by atoms with Crippen LogP contribution in [0.25, 0.3) is 0 Å². The molecule has 0 saturated carbocycles. The Morgan fingerprint density at radius 1 is 1.37 bits per heavy atom. The highest BCUT2D eigenvalue weighted by molar-refractivity contribution is 7.89. The van der Waals surface area contributed by atoms with Gasteiger partial charge in [0.1, 0.15) is 11.5 Å². The van der Waals surface area contributed by atoms with Crippen molar-refractivity contribution in [3.05, 3.63) is 24.3 Å². The van der Waals surface area contributed by atoms with E-state index in [0.29, 0.717) is 6.54 Å². The third-order valence-corrected chi connectivity index (χ3v) is 3.69. The SMILES string of the molecule is CNS(=O)(=O)c1ccccc1NC(=O)COCCN. The first-order valence-corrected chi connectivity index (χ1v) is 7.10. The highest BCUT2D eigenvalue weighted by Gasteiger charge is 2.17. The summed E-state index contributed by atoms with van der Waals surface area (Å²) in [6.45, 7) is 0.410. The van der Waals surface area contributed by atoms with E-state index >= 15 is 0 Å². The minimum Gasteiger partial charge on any atom is -0.370 e. The van der Waals surface area contributed by atoms with E-state index in [1.54, 1.807) is 12.1 Å². The predicted octanol–water partition coefficient (Wildman–Crippen LogP) is -0.491. The number of nitrogens with one attached hydrogen (secondary N) is 2. The van der Waals surface area contributed by atoms with Gasteiger partial charge < -0.3 is 15.8 Å². The van der Waals surface area contributed by atoms with E-state index in [2.05, 4.69) is 10.0 Å². The van der Waals surface area contributed by atoms with E-state index in [9.17, 15) is 13.2 Å². The van der Waals surface area contributed by atoms with Crippen molar-refractivity contribution in [2.75, 3.05) is 32.1 Å². The maximum Gasteiger partial charge on any atom is 0.250 e. The van der Waals surface area contributed by atoms with Crippen LogP contribution >= 0.6 is 0 Å². The molecule has 8 heteroatoms. The molecule has 0 radical (unpaired) electrons. The first kappa shape index (κ1) is 15.6. The second-order valence-corrected chi connectivity index (χ2v) is 5.45. The molecule has 0 aliphatic carbocycles. The standard InChI is InChI=1S/C11H17N3O4S/c1-13-19(16,17)10-5-3-2-4-9(10)14-11(15)8-18-7-6-12/h2-5,13H,6-8,12H2,1H3,(H,14,15). The number of hydrogen-bond acceptors (Lipinski definition) is 5. The molecule has 0 aromatic heterocycles. The fourth-order valence-corrected chi connectivity index (χ4v) is 2.23. The van der Waals surface area contributed by atoms with Crippen LogP contribution in [-0.2, 0) is 19.6 Å². The first-order valence-electron chi connectivity index (χ1n) is 5.61. The van der Waals surface area contributed by atoms with Crippen LogP contribution in [0.15, 0.2) is 29.2 Å². The van der Waals surface area contributed by atoms with Crippen molar-refractivity contribution in [1.82, 2.24) is 4.72 Å². The summed E-state index contributed by atoms with van der Waals surface area (Å²) < 4.78 is 30.7. The van der Waals surface area contributed by atoms with Crippen molar-refractivity contribution in [1.29, 1.82) is 0 Å². The van der Waals surface area contributed by atoms with Crippen LogP contribution in [0.3, 0.4) is 0 Å². The molecule has 0 unspecified atom stereocenters. The summed E-state index contributed by atoms with van der Waals surface area (Å²) in [6.07, 6.45) is 0. The minimum atomic E-state index is -3.63. The van der Waals surface area contributed by atoms with Crippen LogP contribution in [0.4, 0.5) is 5.69 Å². The van der Waals surface area contributed by atoms with Crippen molar-refractivity contribution in [2.45, 2.75) is 4.90 Å². The number of ether oxygens (including phenoxy) is 1. The van der Waals surface area contributed by atoms with Gasteiger partial charge in [0.25, 0.3) is 0 Å². The zero-order chi connectivity index (χ0) is 14.3. The zero-order valence-electron chi connectivity index (χ0n) is 10.5. The van der Waals surface area contributed by atoms with Gasteiger partial charge in [0, 0.05) is 6.54 Å². The van der Waals surface area contributed by atoms with Crippen LogP contribution in [0.5, 0.6) is 0 Å². The number of nitrogens with two attached hydrogens (primary N) is 1. The van der Waals surface area contributed by atoms with E-state index in [1.165, 1.54) is 19.2 Å². The van der Waals surface area contributed by atoms with Gasteiger partial charge in [0.2, 0.25) is 15.9 Å². The van der Waals surface area contributed by atoms with Gasteiger partial charge in [-0.1, -0.05) is 12.1 Å². The Labute approximate surface area is 112 Å². The fourth-order valence-electron chi connectivity index (χ4n) is 1.35. The van der Waals surface area contributed by atoms with Gasteiger partial charge in [0.05, 0.1) is 12.3 Å². The molecule has 0 saturated heterocycles. The molecule has 19 heavy (non-hydrogen) atoms. The van der Waals surface area contributed by atoms with Gasteiger partial charge >= 0.3 is 0 Å². The van der Waals surface area contributed by atoms with Gasteiger partial charge in [0.15, 0.2) is 0 Å². The number of rotatable bonds is 7. The predicted molar refractivity (Wildman–Crippen MR) is 71.2 cm³/mol.